The Hall–Kier alpha value is -3.34. The minimum absolute atomic E-state index is 0.375. The summed E-state index contributed by atoms with van der Waals surface area (Å²) in [5.74, 6) is -0.476. The third-order valence-electron chi connectivity index (χ3n) is 4.12. The Kier molecular flexibility index (Phi) is 3.82. The first-order chi connectivity index (χ1) is 12.2. The standard InChI is InChI=1S/C20H16N2O3/c23-19(24)12-25-18-7-3-6-17-20(18)22(13-21-17)11-14-8-9-15-4-1-2-5-16(15)10-14/h1-10,13H,11-12H2,(H,23,24). The Morgan fingerprint density at radius 3 is 2.72 bits per heavy atom. The van der Waals surface area contributed by atoms with Gasteiger partial charge < -0.3 is 14.4 Å². The molecule has 0 fully saturated rings. The predicted molar refractivity (Wildman–Crippen MR) is 95.9 cm³/mol. The zero-order chi connectivity index (χ0) is 17.2. The van der Waals surface area contributed by atoms with E-state index in [1.54, 1.807) is 12.4 Å². The monoisotopic (exact) mass is 332 g/mol. The molecule has 0 aliphatic carbocycles. The van der Waals surface area contributed by atoms with Crippen LogP contribution in [0.2, 0.25) is 0 Å². The van der Waals surface area contributed by atoms with Crippen molar-refractivity contribution >= 4 is 27.8 Å². The fraction of sp³-hybridized carbons (Fsp3) is 0.100. The molecule has 25 heavy (non-hydrogen) atoms. The number of hydrogen-bond donors (Lipinski definition) is 1. The van der Waals surface area contributed by atoms with Crippen molar-refractivity contribution in [3.8, 4) is 5.75 Å². The smallest absolute Gasteiger partial charge is 0.341 e. The number of nitrogens with zero attached hydrogens (tertiary/aromatic N) is 2. The van der Waals surface area contributed by atoms with Crippen LogP contribution in [0.25, 0.3) is 21.8 Å². The highest BCUT2D eigenvalue weighted by atomic mass is 16.5. The highest BCUT2D eigenvalue weighted by molar-refractivity contribution is 5.84. The lowest BCUT2D eigenvalue weighted by Crippen LogP contribution is -2.10. The summed E-state index contributed by atoms with van der Waals surface area (Å²) in [6.45, 7) is 0.259. The number of benzene rings is 3. The molecule has 0 saturated carbocycles. The van der Waals surface area contributed by atoms with E-state index in [0.717, 1.165) is 16.6 Å². The summed E-state index contributed by atoms with van der Waals surface area (Å²) < 4.78 is 7.41. The molecular weight excluding hydrogens is 316 g/mol. The SMILES string of the molecule is O=C(O)COc1cccc2ncn(Cc3ccc4ccccc4c3)c12. The number of carboxylic acid groups (broad SMARTS) is 1. The lowest BCUT2D eigenvalue weighted by molar-refractivity contribution is -0.139. The highest BCUT2D eigenvalue weighted by Crippen LogP contribution is 2.26. The summed E-state index contributed by atoms with van der Waals surface area (Å²) in [5.41, 5.74) is 2.73. The molecule has 4 aromatic rings. The summed E-state index contributed by atoms with van der Waals surface area (Å²) in [7, 11) is 0. The number of para-hydroxylation sites is 1. The van der Waals surface area contributed by atoms with Gasteiger partial charge in [0.25, 0.3) is 0 Å². The van der Waals surface area contributed by atoms with Crippen molar-refractivity contribution in [3.63, 3.8) is 0 Å². The molecule has 0 amide bonds. The Morgan fingerprint density at radius 1 is 1.04 bits per heavy atom. The molecule has 0 unspecified atom stereocenters. The number of carbonyl (C=O) groups is 1. The van der Waals surface area contributed by atoms with E-state index in [1.165, 1.54) is 10.8 Å². The minimum Gasteiger partial charge on any atom is -0.480 e. The van der Waals surface area contributed by atoms with Crippen LogP contribution in [0.5, 0.6) is 5.75 Å². The first-order valence-corrected chi connectivity index (χ1v) is 7.97. The normalized spacial score (nSPS) is 11.0. The fourth-order valence-corrected chi connectivity index (χ4v) is 3.00. The van der Waals surface area contributed by atoms with Gasteiger partial charge in [-0.05, 0) is 34.5 Å². The Morgan fingerprint density at radius 2 is 1.88 bits per heavy atom. The van der Waals surface area contributed by atoms with E-state index in [4.69, 9.17) is 9.84 Å². The molecule has 0 aliphatic heterocycles. The molecule has 0 radical (unpaired) electrons. The number of ether oxygens (including phenoxy) is 1. The molecule has 0 saturated heterocycles. The van der Waals surface area contributed by atoms with E-state index in [-0.39, 0.29) is 6.61 Å². The highest BCUT2D eigenvalue weighted by Gasteiger charge is 2.11. The minimum atomic E-state index is -1.00. The van der Waals surface area contributed by atoms with Crippen LogP contribution in [0.3, 0.4) is 0 Å². The van der Waals surface area contributed by atoms with Crippen LogP contribution in [-0.2, 0) is 11.3 Å². The summed E-state index contributed by atoms with van der Waals surface area (Å²) in [6.07, 6.45) is 1.76. The van der Waals surface area contributed by atoms with E-state index < -0.39 is 5.97 Å². The zero-order valence-electron chi connectivity index (χ0n) is 13.4. The van der Waals surface area contributed by atoms with Crippen LogP contribution >= 0.6 is 0 Å². The fourth-order valence-electron chi connectivity index (χ4n) is 3.00. The summed E-state index contributed by atoms with van der Waals surface area (Å²) in [5, 5.41) is 11.2. The number of aliphatic carboxylic acids is 1. The van der Waals surface area contributed by atoms with Crippen molar-refractivity contribution in [2.75, 3.05) is 6.61 Å². The van der Waals surface area contributed by atoms with Crippen LogP contribution in [-0.4, -0.2) is 27.2 Å². The van der Waals surface area contributed by atoms with Gasteiger partial charge in [0.2, 0.25) is 0 Å². The summed E-state index contributed by atoms with van der Waals surface area (Å²) >= 11 is 0. The summed E-state index contributed by atoms with van der Waals surface area (Å²) in [6, 6.07) is 20.0. The van der Waals surface area contributed by atoms with E-state index in [2.05, 4.69) is 35.3 Å². The number of hydrogen-bond acceptors (Lipinski definition) is 3. The average Bonchev–Trinajstić information content (AvgIpc) is 3.03. The largest absolute Gasteiger partial charge is 0.480 e. The molecule has 0 atom stereocenters. The van der Waals surface area contributed by atoms with Gasteiger partial charge in [-0.2, -0.15) is 0 Å². The Bertz CT molecular complexity index is 1070. The van der Waals surface area contributed by atoms with Crippen molar-refractivity contribution in [1.29, 1.82) is 0 Å². The average molecular weight is 332 g/mol. The van der Waals surface area contributed by atoms with Gasteiger partial charge in [0.1, 0.15) is 11.3 Å². The molecule has 1 N–H and O–H groups in total. The molecule has 5 heteroatoms. The van der Waals surface area contributed by atoms with Crippen LogP contribution in [0, 0.1) is 0 Å². The van der Waals surface area contributed by atoms with Gasteiger partial charge in [0, 0.05) is 6.54 Å². The van der Waals surface area contributed by atoms with Gasteiger partial charge in [-0.1, -0.05) is 42.5 Å². The van der Waals surface area contributed by atoms with Gasteiger partial charge in [-0.3, -0.25) is 0 Å². The third kappa shape index (κ3) is 3.04. The molecule has 0 aliphatic rings. The number of carboxylic acids is 1. The molecular formula is C20H16N2O3. The van der Waals surface area contributed by atoms with E-state index in [9.17, 15) is 4.79 Å². The van der Waals surface area contributed by atoms with Crippen molar-refractivity contribution in [2.24, 2.45) is 0 Å². The molecule has 3 aromatic carbocycles. The first kappa shape index (κ1) is 15.2. The van der Waals surface area contributed by atoms with Crippen LogP contribution in [0.1, 0.15) is 5.56 Å². The summed E-state index contributed by atoms with van der Waals surface area (Å²) in [4.78, 5) is 15.2. The second kappa shape index (κ2) is 6.28. The van der Waals surface area contributed by atoms with Crippen LogP contribution < -0.4 is 4.74 Å². The van der Waals surface area contributed by atoms with Crippen molar-refractivity contribution in [1.82, 2.24) is 9.55 Å². The van der Waals surface area contributed by atoms with E-state index in [0.29, 0.717) is 12.3 Å². The van der Waals surface area contributed by atoms with E-state index >= 15 is 0 Å². The predicted octanol–water partition coefficient (Wildman–Crippen LogP) is 3.70. The second-order valence-electron chi connectivity index (χ2n) is 5.86. The maximum absolute atomic E-state index is 10.8. The van der Waals surface area contributed by atoms with Crippen molar-refractivity contribution in [2.45, 2.75) is 6.54 Å². The molecule has 5 nitrogen and oxygen atoms in total. The third-order valence-corrected chi connectivity index (χ3v) is 4.12. The lowest BCUT2D eigenvalue weighted by Gasteiger charge is -2.10. The Balaban J connectivity index is 1.71. The number of aromatic nitrogens is 2. The number of imidazole rings is 1. The van der Waals surface area contributed by atoms with Crippen molar-refractivity contribution in [3.05, 3.63) is 72.6 Å². The van der Waals surface area contributed by atoms with Gasteiger partial charge >= 0.3 is 5.97 Å². The molecule has 1 aromatic heterocycles. The lowest BCUT2D eigenvalue weighted by atomic mass is 10.1. The maximum atomic E-state index is 10.8. The second-order valence-corrected chi connectivity index (χ2v) is 5.86. The maximum Gasteiger partial charge on any atom is 0.341 e. The topological polar surface area (TPSA) is 64.3 Å². The van der Waals surface area contributed by atoms with E-state index in [1.807, 2.05) is 28.8 Å². The molecule has 0 bridgehead atoms. The molecule has 0 spiro atoms. The Labute approximate surface area is 144 Å². The molecule has 4 rings (SSSR count). The van der Waals surface area contributed by atoms with Crippen LogP contribution in [0.15, 0.2) is 67.0 Å². The van der Waals surface area contributed by atoms with Crippen molar-refractivity contribution < 1.29 is 14.6 Å². The molecule has 1 heterocycles. The zero-order valence-corrected chi connectivity index (χ0v) is 13.4. The molecule has 124 valence electrons. The van der Waals surface area contributed by atoms with Gasteiger partial charge in [0.05, 0.1) is 11.8 Å². The van der Waals surface area contributed by atoms with Crippen LogP contribution in [0.4, 0.5) is 0 Å². The number of rotatable bonds is 5. The van der Waals surface area contributed by atoms with Gasteiger partial charge in [-0.15, -0.1) is 0 Å². The number of fused-ring (bicyclic) bond motifs is 2. The first-order valence-electron chi connectivity index (χ1n) is 7.97. The quantitative estimate of drug-likeness (QED) is 0.605. The van der Waals surface area contributed by atoms with Gasteiger partial charge in [0.15, 0.2) is 6.61 Å². The van der Waals surface area contributed by atoms with Gasteiger partial charge in [-0.25, -0.2) is 9.78 Å².